The fourth-order valence-corrected chi connectivity index (χ4v) is 3.31. The van der Waals surface area contributed by atoms with Crippen molar-refractivity contribution in [2.45, 2.75) is 12.3 Å². The second kappa shape index (κ2) is 7.62. The molecule has 1 amide bonds. The summed E-state index contributed by atoms with van der Waals surface area (Å²) in [4.78, 5) is 11.9. The monoisotopic (exact) mass is 349 g/mol. The first-order valence-electron chi connectivity index (χ1n) is 7.19. The number of halogens is 1. The summed E-state index contributed by atoms with van der Waals surface area (Å²) in [7, 11) is 0. The third kappa shape index (κ3) is 4.33. The molecule has 6 heteroatoms. The zero-order chi connectivity index (χ0) is 16.1. The van der Waals surface area contributed by atoms with Gasteiger partial charge in [-0.15, -0.1) is 11.8 Å². The molecule has 2 aromatic carbocycles. The van der Waals surface area contributed by atoms with Crippen molar-refractivity contribution in [2.24, 2.45) is 0 Å². The zero-order valence-corrected chi connectivity index (χ0v) is 14.0. The molecule has 23 heavy (non-hydrogen) atoms. The molecule has 1 aliphatic heterocycles. The Morgan fingerprint density at radius 2 is 2.00 bits per heavy atom. The van der Waals surface area contributed by atoms with Gasteiger partial charge in [-0.25, -0.2) is 0 Å². The molecule has 0 bridgehead atoms. The first kappa shape index (κ1) is 16.0. The normalized spacial score (nSPS) is 12.2. The van der Waals surface area contributed by atoms with E-state index < -0.39 is 0 Å². The van der Waals surface area contributed by atoms with Gasteiger partial charge in [0, 0.05) is 17.3 Å². The summed E-state index contributed by atoms with van der Waals surface area (Å²) in [6.07, 6.45) is 0. The number of carbonyl (C=O) groups is 1. The van der Waals surface area contributed by atoms with Crippen molar-refractivity contribution in [3.05, 3.63) is 58.6 Å². The van der Waals surface area contributed by atoms with E-state index in [0.717, 1.165) is 33.4 Å². The Hall–Kier alpha value is -1.85. The minimum atomic E-state index is -0.000259. The highest BCUT2D eigenvalue weighted by Crippen LogP contribution is 2.32. The van der Waals surface area contributed by atoms with E-state index in [1.165, 1.54) is 0 Å². The summed E-state index contributed by atoms with van der Waals surface area (Å²) < 4.78 is 10.6. The molecule has 1 N–H and O–H groups in total. The average molecular weight is 350 g/mol. The molecule has 0 radical (unpaired) electrons. The summed E-state index contributed by atoms with van der Waals surface area (Å²) in [5, 5.41) is 3.64. The molecular weight excluding hydrogens is 334 g/mol. The van der Waals surface area contributed by atoms with Crippen LogP contribution in [0.15, 0.2) is 42.5 Å². The molecule has 3 rings (SSSR count). The quantitative estimate of drug-likeness (QED) is 0.865. The lowest BCUT2D eigenvalue weighted by atomic mass is 10.2. The summed E-state index contributed by atoms with van der Waals surface area (Å²) in [6.45, 7) is 0.728. The van der Waals surface area contributed by atoms with Crippen molar-refractivity contribution < 1.29 is 14.3 Å². The molecule has 0 atom stereocenters. The molecule has 0 aliphatic carbocycles. The Morgan fingerprint density at radius 3 is 2.87 bits per heavy atom. The Morgan fingerprint density at radius 1 is 1.17 bits per heavy atom. The maximum absolute atomic E-state index is 11.9. The number of amides is 1. The van der Waals surface area contributed by atoms with Gasteiger partial charge >= 0.3 is 0 Å². The zero-order valence-electron chi connectivity index (χ0n) is 12.4. The van der Waals surface area contributed by atoms with Crippen LogP contribution < -0.4 is 14.8 Å². The molecule has 4 nitrogen and oxygen atoms in total. The first-order chi connectivity index (χ1) is 11.2. The molecule has 0 fully saturated rings. The molecule has 0 saturated carbocycles. The highest BCUT2D eigenvalue weighted by Gasteiger charge is 2.13. The molecule has 0 aromatic heterocycles. The van der Waals surface area contributed by atoms with E-state index in [9.17, 15) is 4.79 Å². The van der Waals surface area contributed by atoms with Crippen LogP contribution in [0.5, 0.6) is 11.5 Å². The largest absolute Gasteiger partial charge is 0.454 e. The van der Waals surface area contributed by atoms with Gasteiger partial charge in [-0.3, -0.25) is 4.79 Å². The van der Waals surface area contributed by atoms with Gasteiger partial charge in [0.2, 0.25) is 12.7 Å². The van der Waals surface area contributed by atoms with E-state index in [1.807, 2.05) is 42.5 Å². The smallest absolute Gasteiger partial charge is 0.231 e. The number of rotatable bonds is 6. The standard InChI is InChI=1S/C17H16ClNO3S/c18-14-4-2-1-3-13(14)9-23-10-17(20)19-8-12-5-6-15-16(7-12)22-11-21-15/h1-7H,8-11H2,(H,19,20). The summed E-state index contributed by atoms with van der Waals surface area (Å²) in [6, 6.07) is 13.3. The molecule has 120 valence electrons. The van der Waals surface area contributed by atoms with Crippen LogP contribution >= 0.6 is 23.4 Å². The van der Waals surface area contributed by atoms with Crippen LogP contribution in [0.3, 0.4) is 0 Å². The first-order valence-corrected chi connectivity index (χ1v) is 8.72. The SMILES string of the molecule is O=C(CSCc1ccccc1Cl)NCc1ccc2c(c1)OCO2. The van der Waals surface area contributed by atoms with Gasteiger partial charge in [0.1, 0.15) is 0 Å². The number of ether oxygens (including phenoxy) is 2. The van der Waals surface area contributed by atoms with Crippen molar-refractivity contribution >= 4 is 29.3 Å². The fourth-order valence-electron chi connectivity index (χ4n) is 2.17. The minimum Gasteiger partial charge on any atom is -0.454 e. The fraction of sp³-hybridized carbons (Fsp3) is 0.235. The topological polar surface area (TPSA) is 47.6 Å². The second-order valence-corrected chi connectivity index (χ2v) is 6.44. The number of hydrogen-bond acceptors (Lipinski definition) is 4. The maximum Gasteiger partial charge on any atom is 0.231 e. The number of hydrogen-bond donors (Lipinski definition) is 1. The Labute approximate surface area is 144 Å². The Balaban J connectivity index is 1.42. The summed E-state index contributed by atoms with van der Waals surface area (Å²) in [5.41, 5.74) is 2.03. The van der Waals surface area contributed by atoms with Crippen LogP contribution in [0.4, 0.5) is 0 Å². The van der Waals surface area contributed by atoms with Gasteiger partial charge in [-0.1, -0.05) is 35.9 Å². The lowest BCUT2D eigenvalue weighted by Crippen LogP contribution is -2.24. The summed E-state index contributed by atoms with van der Waals surface area (Å²) in [5.74, 6) is 2.59. The van der Waals surface area contributed by atoms with Crippen LogP contribution in [0.2, 0.25) is 5.02 Å². The second-order valence-electron chi connectivity index (χ2n) is 5.05. The molecule has 1 aliphatic rings. The van der Waals surface area contributed by atoms with Crippen molar-refractivity contribution in [2.75, 3.05) is 12.5 Å². The molecule has 0 unspecified atom stereocenters. The predicted octanol–water partition coefficient (Wildman–Crippen LogP) is 3.62. The third-order valence-electron chi connectivity index (χ3n) is 3.38. The van der Waals surface area contributed by atoms with Gasteiger partial charge in [0.15, 0.2) is 11.5 Å². The van der Waals surface area contributed by atoms with E-state index in [1.54, 1.807) is 11.8 Å². The van der Waals surface area contributed by atoms with E-state index in [2.05, 4.69) is 5.32 Å². The van der Waals surface area contributed by atoms with Crippen LogP contribution in [-0.2, 0) is 17.1 Å². The minimum absolute atomic E-state index is 0.000259. The van der Waals surface area contributed by atoms with E-state index in [4.69, 9.17) is 21.1 Å². The van der Waals surface area contributed by atoms with Crippen molar-refractivity contribution in [3.63, 3.8) is 0 Å². The predicted molar refractivity (Wildman–Crippen MR) is 92.0 cm³/mol. The lowest BCUT2D eigenvalue weighted by molar-refractivity contribution is -0.118. The number of thioether (sulfide) groups is 1. The van der Waals surface area contributed by atoms with Gasteiger partial charge in [-0.2, -0.15) is 0 Å². The van der Waals surface area contributed by atoms with Crippen LogP contribution in [-0.4, -0.2) is 18.5 Å². The molecule has 2 aromatic rings. The molecule has 0 saturated heterocycles. The number of nitrogens with one attached hydrogen (secondary N) is 1. The van der Waals surface area contributed by atoms with Crippen LogP contribution in [0.1, 0.15) is 11.1 Å². The van der Waals surface area contributed by atoms with E-state index in [0.29, 0.717) is 12.3 Å². The van der Waals surface area contributed by atoms with Crippen molar-refractivity contribution in [1.82, 2.24) is 5.32 Å². The highest BCUT2D eigenvalue weighted by atomic mass is 35.5. The van der Waals surface area contributed by atoms with Gasteiger partial charge in [0.25, 0.3) is 0 Å². The van der Waals surface area contributed by atoms with Crippen LogP contribution in [0.25, 0.3) is 0 Å². The van der Waals surface area contributed by atoms with E-state index in [-0.39, 0.29) is 12.7 Å². The highest BCUT2D eigenvalue weighted by molar-refractivity contribution is 7.99. The van der Waals surface area contributed by atoms with Crippen LogP contribution in [0, 0.1) is 0 Å². The Kier molecular flexibility index (Phi) is 5.31. The van der Waals surface area contributed by atoms with E-state index >= 15 is 0 Å². The third-order valence-corrected chi connectivity index (χ3v) is 4.73. The number of carbonyl (C=O) groups excluding carboxylic acids is 1. The Bertz CT molecular complexity index is 708. The van der Waals surface area contributed by atoms with Crippen molar-refractivity contribution in [1.29, 1.82) is 0 Å². The molecule has 1 heterocycles. The van der Waals surface area contributed by atoms with Gasteiger partial charge in [-0.05, 0) is 29.3 Å². The average Bonchev–Trinajstić information content (AvgIpc) is 3.02. The van der Waals surface area contributed by atoms with Gasteiger partial charge < -0.3 is 14.8 Å². The summed E-state index contributed by atoms with van der Waals surface area (Å²) >= 11 is 7.63. The maximum atomic E-state index is 11.9. The lowest BCUT2D eigenvalue weighted by Gasteiger charge is -2.07. The number of fused-ring (bicyclic) bond motifs is 1. The van der Waals surface area contributed by atoms with Gasteiger partial charge in [0.05, 0.1) is 5.75 Å². The van der Waals surface area contributed by atoms with Crippen molar-refractivity contribution in [3.8, 4) is 11.5 Å². The molecule has 0 spiro atoms. The molecular formula is C17H16ClNO3S. The number of benzene rings is 2.